The van der Waals surface area contributed by atoms with Gasteiger partial charge in [0.1, 0.15) is 5.75 Å². The van der Waals surface area contributed by atoms with Crippen molar-refractivity contribution in [3.8, 4) is 16.9 Å². The molecule has 0 radical (unpaired) electrons. The second kappa shape index (κ2) is 5.47. The second-order valence-electron chi connectivity index (χ2n) is 5.00. The molecule has 1 saturated carbocycles. The molecule has 102 valence electrons. The maximum Gasteiger partial charge on any atom is 0.126 e. The highest BCUT2D eigenvalue weighted by atomic mass is 16.5. The van der Waals surface area contributed by atoms with Crippen molar-refractivity contribution >= 4 is 11.4 Å². The zero-order valence-electron chi connectivity index (χ0n) is 11.5. The predicted molar refractivity (Wildman–Crippen MR) is 82.7 cm³/mol. The van der Waals surface area contributed by atoms with Gasteiger partial charge in [-0.15, -0.1) is 0 Å². The first kappa shape index (κ1) is 12.9. The summed E-state index contributed by atoms with van der Waals surface area (Å²) >= 11 is 0. The molecule has 1 unspecified atom stereocenters. The van der Waals surface area contributed by atoms with E-state index in [0.29, 0.717) is 0 Å². The van der Waals surface area contributed by atoms with Gasteiger partial charge >= 0.3 is 0 Å². The van der Waals surface area contributed by atoms with E-state index < -0.39 is 0 Å². The molecule has 2 N–H and O–H groups in total. The molecule has 3 nitrogen and oxygen atoms in total. The molecule has 0 amide bonds. The molecule has 1 aliphatic carbocycles. The first-order valence-electron chi connectivity index (χ1n) is 6.84. The number of aliphatic imine (C=N–C) groups is 1. The minimum absolute atomic E-state index is 0.143. The van der Waals surface area contributed by atoms with E-state index in [1.807, 2.05) is 30.3 Å². The number of hydrogen-bond acceptors (Lipinski definition) is 3. The maximum absolute atomic E-state index is 5.91. The predicted octanol–water partition coefficient (Wildman–Crippen LogP) is 3.56. The number of nitrogens with two attached hydrogens (primary N) is 1. The fourth-order valence-corrected chi connectivity index (χ4v) is 2.37. The first-order valence-corrected chi connectivity index (χ1v) is 6.84. The summed E-state index contributed by atoms with van der Waals surface area (Å²) in [7, 11) is 1.69. The highest BCUT2D eigenvalue weighted by molar-refractivity contribution is 5.96. The Balaban J connectivity index is 1.97. The first-order chi connectivity index (χ1) is 9.78. The Bertz CT molecular complexity index is 649. The molecule has 20 heavy (non-hydrogen) atoms. The Labute approximate surface area is 119 Å². The van der Waals surface area contributed by atoms with Crippen LogP contribution in [-0.2, 0) is 0 Å². The number of rotatable bonds is 3. The fourth-order valence-electron chi connectivity index (χ4n) is 2.37. The third-order valence-electron chi connectivity index (χ3n) is 3.68. The smallest absolute Gasteiger partial charge is 0.126 e. The summed E-state index contributed by atoms with van der Waals surface area (Å²) in [5, 5.41) is 0. The van der Waals surface area contributed by atoms with Crippen LogP contribution in [-0.4, -0.2) is 18.9 Å². The van der Waals surface area contributed by atoms with Crippen molar-refractivity contribution in [1.29, 1.82) is 0 Å². The van der Waals surface area contributed by atoms with Crippen LogP contribution in [0.5, 0.6) is 5.75 Å². The zero-order chi connectivity index (χ0) is 13.9. The topological polar surface area (TPSA) is 47.6 Å². The Morgan fingerprint density at radius 1 is 1.15 bits per heavy atom. The molecule has 1 fully saturated rings. The van der Waals surface area contributed by atoms with E-state index in [1.54, 1.807) is 7.11 Å². The minimum atomic E-state index is 0.143. The molecular formula is C17H18N2O. The third kappa shape index (κ3) is 2.45. The van der Waals surface area contributed by atoms with Crippen LogP contribution in [0.15, 0.2) is 53.5 Å². The third-order valence-corrected chi connectivity index (χ3v) is 3.68. The van der Waals surface area contributed by atoms with Crippen molar-refractivity contribution in [2.24, 2.45) is 10.7 Å². The average Bonchev–Trinajstić information content (AvgIpc) is 2.51. The van der Waals surface area contributed by atoms with Crippen LogP contribution >= 0.6 is 0 Å². The van der Waals surface area contributed by atoms with Crippen molar-refractivity contribution in [1.82, 2.24) is 0 Å². The van der Waals surface area contributed by atoms with E-state index >= 15 is 0 Å². The number of benzene rings is 2. The summed E-state index contributed by atoms with van der Waals surface area (Å²) in [6, 6.07) is 16.3. The van der Waals surface area contributed by atoms with Gasteiger partial charge in [-0.2, -0.15) is 0 Å². The van der Waals surface area contributed by atoms with E-state index in [9.17, 15) is 0 Å². The molecule has 3 rings (SSSR count). The van der Waals surface area contributed by atoms with Crippen LogP contribution in [0.4, 0.5) is 5.69 Å². The van der Waals surface area contributed by atoms with E-state index in [4.69, 9.17) is 10.5 Å². The van der Waals surface area contributed by atoms with E-state index in [-0.39, 0.29) is 6.04 Å². The van der Waals surface area contributed by atoms with E-state index in [2.05, 4.69) is 23.2 Å². The van der Waals surface area contributed by atoms with Gasteiger partial charge in [0.05, 0.1) is 12.8 Å². The molecule has 0 bridgehead atoms. The molecule has 0 aromatic heterocycles. The lowest BCUT2D eigenvalue weighted by atomic mass is 9.91. The van der Waals surface area contributed by atoms with Crippen molar-refractivity contribution < 1.29 is 4.74 Å². The normalized spacial score (nSPS) is 19.7. The van der Waals surface area contributed by atoms with Gasteiger partial charge in [-0.05, 0) is 36.6 Å². The standard InChI is InChI=1S/C17H18N2O/c1-20-17-8-3-2-7-14(17)12-5-4-6-13(11-12)19-16-10-9-15(16)18/h2-8,11,15H,9-10,18H2,1H3. The Morgan fingerprint density at radius 2 is 2.00 bits per heavy atom. The van der Waals surface area contributed by atoms with Crippen LogP contribution in [0.3, 0.4) is 0 Å². The van der Waals surface area contributed by atoms with Crippen molar-refractivity contribution in [2.75, 3.05) is 7.11 Å². The number of methoxy groups -OCH3 is 1. The lowest BCUT2D eigenvalue weighted by Crippen LogP contribution is -2.39. The fraction of sp³-hybridized carbons (Fsp3) is 0.235. The molecule has 0 heterocycles. The van der Waals surface area contributed by atoms with E-state index in [0.717, 1.165) is 41.1 Å². The quantitative estimate of drug-likeness (QED) is 0.923. The van der Waals surface area contributed by atoms with Crippen molar-refractivity contribution in [2.45, 2.75) is 18.9 Å². The summed E-state index contributed by atoms with van der Waals surface area (Å²) in [6.07, 6.45) is 2.06. The second-order valence-corrected chi connectivity index (χ2v) is 5.00. The molecule has 0 aliphatic heterocycles. The minimum Gasteiger partial charge on any atom is -0.496 e. The van der Waals surface area contributed by atoms with Gasteiger partial charge in [-0.3, -0.25) is 4.99 Å². The molecule has 2 aromatic rings. The zero-order valence-corrected chi connectivity index (χ0v) is 11.5. The molecule has 0 spiro atoms. The molecular weight excluding hydrogens is 248 g/mol. The lowest BCUT2D eigenvalue weighted by Gasteiger charge is -2.24. The molecule has 2 aromatic carbocycles. The number of ether oxygens (including phenoxy) is 1. The Hall–Kier alpha value is -2.13. The van der Waals surface area contributed by atoms with Crippen LogP contribution < -0.4 is 10.5 Å². The summed E-state index contributed by atoms with van der Waals surface area (Å²) in [6.45, 7) is 0. The largest absolute Gasteiger partial charge is 0.496 e. The SMILES string of the molecule is COc1ccccc1-c1cccc(N=C2CCC2N)c1. The van der Waals surface area contributed by atoms with Gasteiger partial charge in [0.15, 0.2) is 0 Å². The number of hydrogen-bond donors (Lipinski definition) is 1. The Morgan fingerprint density at radius 3 is 2.70 bits per heavy atom. The summed E-state index contributed by atoms with van der Waals surface area (Å²) in [5.74, 6) is 0.873. The maximum atomic E-state index is 5.91. The van der Waals surface area contributed by atoms with Gasteiger partial charge in [0.2, 0.25) is 0 Å². The van der Waals surface area contributed by atoms with Gasteiger partial charge in [-0.1, -0.05) is 30.3 Å². The molecule has 1 atom stereocenters. The molecule has 1 aliphatic rings. The van der Waals surface area contributed by atoms with Crippen LogP contribution in [0.1, 0.15) is 12.8 Å². The monoisotopic (exact) mass is 266 g/mol. The number of nitrogens with zero attached hydrogens (tertiary/aromatic N) is 1. The van der Waals surface area contributed by atoms with Gasteiger partial charge < -0.3 is 10.5 Å². The summed E-state index contributed by atoms with van der Waals surface area (Å²) < 4.78 is 5.41. The number of para-hydroxylation sites is 1. The van der Waals surface area contributed by atoms with Crippen LogP contribution in [0, 0.1) is 0 Å². The van der Waals surface area contributed by atoms with Crippen molar-refractivity contribution in [3.63, 3.8) is 0 Å². The Kier molecular flexibility index (Phi) is 3.52. The van der Waals surface area contributed by atoms with Gasteiger partial charge in [0, 0.05) is 17.3 Å². The highest BCUT2D eigenvalue weighted by Crippen LogP contribution is 2.32. The summed E-state index contributed by atoms with van der Waals surface area (Å²) in [4.78, 5) is 4.64. The summed E-state index contributed by atoms with van der Waals surface area (Å²) in [5.41, 5.74) is 10.2. The van der Waals surface area contributed by atoms with E-state index in [1.165, 1.54) is 0 Å². The lowest BCUT2D eigenvalue weighted by molar-refractivity contribution is 0.416. The van der Waals surface area contributed by atoms with Crippen LogP contribution in [0.25, 0.3) is 11.1 Å². The average molecular weight is 266 g/mol. The highest BCUT2D eigenvalue weighted by Gasteiger charge is 2.21. The van der Waals surface area contributed by atoms with Crippen molar-refractivity contribution in [3.05, 3.63) is 48.5 Å². The van der Waals surface area contributed by atoms with Crippen LogP contribution in [0.2, 0.25) is 0 Å². The van der Waals surface area contributed by atoms with Gasteiger partial charge in [0.25, 0.3) is 0 Å². The molecule has 3 heteroatoms. The van der Waals surface area contributed by atoms with Gasteiger partial charge in [-0.25, -0.2) is 0 Å². The molecule has 0 saturated heterocycles.